The highest BCUT2D eigenvalue weighted by atomic mass is 16.5. The van der Waals surface area contributed by atoms with E-state index in [0.717, 1.165) is 31.5 Å². The van der Waals surface area contributed by atoms with E-state index in [1.54, 1.807) is 18.3 Å². The Morgan fingerprint density at radius 1 is 1.03 bits per heavy atom. The number of hydrogen-bond acceptors (Lipinski definition) is 5. The standard InChI is InChI=1S/C18H21N3O2.C10H23N/c1-2-23-17-11-14(7-8-20-17)18(22)21-16-6-4-12-9-15(19)5-3-13(12)10-16;1-2-3-4-5-6-7-8-9-10-11/h4,6-8,10-11,15H,2-3,5,9,19H2,1H3,(H,21,22);2-11H2,1H3/t15-;/m0./s1. The van der Waals surface area contributed by atoms with Gasteiger partial charge in [0.25, 0.3) is 5.91 Å². The van der Waals surface area contributed by atoms with E-state index in [1.807, 2.05) is 19.1 Å². The predicted octanol–water partition coefficient (Wildman–Crippen LogP) is 5.63. The summed E-state index contributed by atoms with van der Waals surface area (Å²) in [5.74, 6) is 0.292. The minimum atomic E-state index is -0.166. The van der Waals surface area contributed by atoms with Crippen molar-refractivity contribution in [2.75, 3.05) is 18.5 Å². The quantitative estimate of drug-likeness (QED) is 0.350. The van der Waals surface area contributed by atoms with E-state index in [-0.39, 0.29) is 11.9 Å². The summed E-state index contributed by atoms with van der Waals surface area (Å²) in [6.07, 6.45) is 15.4. The molecule has 1 atom stereocenters. The predicted molar refractivity (Wildman–Crippen MR) is 141 cm³/mol. The van der Waals surface area contributed by atoms with E-state index in [9.17, 15) is 4.79 Å². The zero-order valence-electron chi connectivity index (χ0n) is 21.2. The number of benzene rings is 1. The van der Waals surface area contributed by atoms with Crippen LogP contribution in [0.25, 0.3) is 0 Å². The van der Waals surface area contributed by atoms with Gasteiger partial charge >= 0.3 is 0 Å². The number of nitrogens with zero attached hydrogens (tertiary/aromatic N) is 1. The summed E-state index contributed by atoms with van der Waals surface area (Å²) in [6.45, 7) is 5.53. The van der Waals surface area contributed by atoms with Crippen LogP contribution in [0.1, 0.15) is 93.1 Å². The SMILES string of the molecule is CCCCCCCCCCN.CCOc1cc(C(=O)Nc2ccc3c(c2)CC[C@H](N)C3)ccn1. The molecule has 1 amide bonds. The average Bonchev–Trinajstić information content (AvgIpc) is 2.84. The minimum Gasteiger partial charge on any atom is -0.478 e. The van der Waals surface area contributed by atoms with Crippen LogP contribution >= 0.6 is 0 Å². The number of unbranched alkanes of at least 4 members (excludes halogenated alkanes) is 7. The number of rotatable bonds is 12. The Kier molecular flexibility index (Phi) is 13.3. The van der Waals surface area contributed by atoms with E-state index >= 15 is 0 Å². The molecule has 0 saturated carbocycles. The summed E-state index contributed by atoms with van der Waals surface area (Å²) in [7, 11) is 0. The summed E-state index contributed by atoms with van der Waals surface area (Å²) in [5, 5.41) is 2.94. The van der Waals surface area contributed by atoms with Gasteiger partial charge in [0, 0.05) is 29.6 Å². The molecule has 188 valence electrons. The van der Waals surface area contributed by atoms with Crippen molar-refractivity contribution in [1.29, 1.82) is 0 Å². The number of hydrogen-bond donors (Lipinski definition) is 3. The van der Waals surface area contributed by atoms with Crippen LogP contribution in [0.4, 0.5) is 5.69 Å². The van der Waals surface area contributed by atoms with Gasteiger partial charge < -0.3 is 21.5 Å². The van der Waals surface area contributed by atoms with E-state index in [0.29, 0.717) is 18.1 Å². The van der Waals surface area contributed by atoms with Crippen molar-refractivity contribution < 1.29 is 9.53 Å². The van der Waals surface area contributed by atoms with Gasteiger partial charge in [0.1, 0.15) is 0 Å². The lowest BCUT2D eigenvalue weighted by atomic mass is 9.88. The Morgan fingerprint density at radius 3 is 2.47 bits per heavy atom. The van der Waals surface area contributed by atoms with Crippen molar-refractivity contribution in [2.24, 2.45) is 11.5 Å². The summed E-state index contributed by atoms with van der Waals surface area (Å²) >= 11 is 0. The number of ether oxygens (including phenoxy) is 1. The molecule has 1 aromatic carbocycles. The first kappa shape index (κ1) is 27.8. The van der Waals surface area contributed by atoms with Gasteiger partial charge in [-0.15, -0.1) is 0 Å². The van der Waals surface area contributed by atoms with Crippen LogP contribution in [-0.4, -0.2) is 30.1 Å². The zero-order chi connectivity index (χ0) is 24.6. The van der Waals surface area contributed by atoms with Gasteiger partial charge in [0.15, 0.2) is 0 Å². The largest absolute Gasteiger partial charge is 0.478 e. The smallest absolute Gasteiger partial charge is 0.255 e. The highest BCUT2D eigenvalue weighted by Crippen LogP contribution is 2.24. The molecule has 0 radical (unpaired) electrons. The first-order valence-electron chi connectivity index (χ1n) is 13.0. The lowest BCUT2D eigenvalue weighted by molar-refractivity contribution is 0.102. The third-order valence-electron chi connectivity index (χ3n) is 6.08. The molecule has 0 unspecified atom stereocenters. The van der Waals surface area contributed by atoms with Gasteiger partial charge in [-0.1, -0.05) is 57.9 Å². The Morgan fingerprint density at radius 2 is 1.76 bits per heavy atom. The second kappa shape index (κ2) is 16.2. The van der Waals surface area contributed by atoms with Gasteiger partial charge in [-0.25, -0.2) is 4.98 Å². The van der Waals surface area contributed by atoms with E-state index in [2.05, 4.69) is 23.3 Å². The monoisotopic (exact) mass is 468 g/mol. The number of aryl methyl sites for hydroxylation is 1. The number of anilines is 1. The van der Waals surface area contributed by atoms with E-state index < -0.39 is 0 Å². The molecule has 1 aliphatic rings. The number of amides is 1. The summed E-state index contributed by atoms with van der Waals surface area (Å²) in [6, 6.07) is 9.60. The van der Waals surface area contributed by atoms with E-state index in [1.165, 1.54) is 62.5 Å². The molecule has 1 aliphatic carbocycles. The van der Waals surface area contributed by atoms with E-state index in [4.69, 9.17) is 16.2 Å². The second-order valence-corrected chi connectivity index (χ2v) is 9.02. The first-order chi connectivity index (χ1) is 16.6. The van der Waals surface area contributed by atoms with Crippen molar-refractivity contribution >= 4 is 11.6 Å². The van der Waals surface area contributed by atoms with Crippen LogP contribution < -0.4 is 21.5 Å². The van der Waals surface area contributed by atoms with Crippen molar-refractivity contribution in [1.82, 2.24) is 4.98 Å². The maximum atomic E-state index is 12.4. The molecule has 34 heavy (non-hydrogen) atoms. The van der Waals surface area contributed by atoms with Gasteiger partial charge in [-0.05, 0) is 68.5 Å². The fourth-order valence-corrected chi connectivity index (χ4v) is 4.12. The molecule has 0 aliphatic heterocycles. The Labute approximate surface area is 205 Å². The molecule has 0 fully saturated rings. The van der Waals surface area contributed by atoms with Gasteiger partial charge in [0.2, 0.25) is 5.88 Å². The molecule has 1 aromatic heterocycles. The number of nitrogens with two attached hydrogens (primary N) is 2. The lowest BCUT2D eigenvalue weighted by Crippen LogP contribution is -2.27. The molecule has 3 rings (SSSR count). The summed E-state index contributed by atoms with van der Waals surface area (Å²) in [5.41, 5.74) is 15.3. The van der Waals surface area contributed by atoms with Crippen molar-refractivity contribution in [3.63, 3.8) is 0 Å². The van der Waals surface area contributed by atoms with Gasteiger partial charge in [-0.3, -0.25) is 4.79 Å². The van der Waals surface area contributed by atoms with Crippen molar-refractivity contribution in [3.05, 3.63) is 53.2 Å². The number of carbonyl (C=O) groups is 1. The average molecular weight is 469 g/mol. The molecule has 0 spiro atoms. The summed E-state index contributed by atoms with van der Waals surface area (Å²) in [4.78, 5) is 16.4. The molecule has 1 heterocycles. The first-order valence-corrected chi connectivity index (χ1v) is 13.0. The molecule has 2 aromatic rings. The Bertz CT molecular complexity index is 848. The number of fused-ring (bicyclic) bond motifs is 1. The van der Waals surface area contributed by atoms with Crippen LogP contribution in [0.5, 0.6) is 5.88 Å². The molecule has 0 bridgehead atoms. The number of aromatic nitrogens is 1. The zero-order valence-corrected chi connectivity index (χ0v) is 21.2. The van der Waals surface area contributed by atoms with Crippen molar-refractivity contribution in [3.8, 4) is 5.88 Å². The van der Waals surface area contributed by atoms with Crippen LogP contribution in [0.2, 0.25) is 0 Å². The topological polar surface area (TPSA) is 103 Å². The minimum absolute atomic E-state index is 0.166. The number of carbonyl (C=O) groups excluding carboxylic acids is 1. The fraction of sp³-hybridized carbons (Fsp3) is 0.571. The molecule has 5 N–H and O–H groups in total. The maximum Gasteiger partial charge on any atom is 0.255 e. The molecule has 6 nitrogen and oxygen atoms in total. The lowest BCUT2D eigenvalue weighted by Gasteiger charge is -2.22. The van der Waals surface area contributed by atoms with Crippen LogP contribution in [0.15, 0.2) is 36.5 Å². The third kappa shape index (κ3) is 10.2. The van der Waals surface area contributed by atoms with Crippen LogP contribution in [0, 0.1) is 0 Å². The Hall–Kier alpha value is -2.44. The van der Waals surface area contributed by atoms with Crippen LogP contribution in [0.3, 0.4) is 0 Å². The normalized spacial score (nSPS) is 14.5. The number of nitrogens with one attached hydrogen (secondary N) is 1. The molecule has 6 heteroatoms. The highest BCUT2D eigenvalue weighted by Gasteiger charge is 2.16. The summed E-state index contributed by atoms with van der Waals surface area (Å²) < 4.78 is 5.33. The second-order valence-electron chi connectivity index (χ2n) is 9.02. The fourth-order valence-electron chi connectivity index (χ4n) is 4.12. The van der Waals surface area contributed by atoms with Crippen LogP contribution in [-0.2, 0) is 12.8 Å². The van der Waals surface area contributed by atoms with Gasteiger partial charge in [0.05, 0.1) is 6.61 Å². The van der Waals surface area contributed by atoms with Crippen molar-refractivity contribution in [2.45, 2.75) is 90.5 Å². The number of pyridine rings is 1. The molecule has 0 saturated heterocycles. The van der Waals surface area contributed by atoms with Gasteiger partial charge in [-0.2, -0.15) is 0 Å². The molecular formula is C28H44N4O2. The third-order valence-corrected chi connectivity index (χ3v) is 6.08. The highest BCUT2D eigenvalue weighted by molar-refractivity contribution is 6.04. The molecular weight excluding hydrogens is 424 g/mol. The Balaban J connectivity index is 0.000000316. The maximum absolute atomic E-state index is 12.4.